The summed E-state index contributed by atoms with van der Waals surface area (Å²) in [5.41, 5.74) is 1.30. The van der Waals surface area contributed by atoms with E-state index in [0.29, 0.717) is 11.2 Å². The molecule has 0 bridgehead atoms. The van der Waals surface area contributed by atoms with Crippen molar-refractivity contribution in [3.8, 4) is 0 Å². The Bertz CT molecular complexity index is 1510. The largest absolute Gasteiger partial charge is 0.455 e. The van der Waals surface area contributed by atoms with Gasteiger partial charge in [-0.25, -0.2) is 4.39 Å². The average molecular weight is 497 g/mol. The van der Waals surface area contributed by atoms with Crippen molar-refractivity contribution < 1.29 is 28.3 Å². The molecule has 4 aromatic rings. The predicted octanol–water partition coefficient (Wildman–Crippen LogP) is 4.28. The standard InChI is InChI=1S/C28H20FN3O5/c1-16(33)37-25(18-11-13-19(29)14-12-18)24(32-27(35)20-8-2-3-9-21(20)28(32)36)26(34)31-22-10-4-6-17-7-5-15-30-23(17)22/h2-15,24-25H,1H3,(H,31,34)/t24-,25-/m0/s1. The molecule has 0 saturated heterocycles. The second-order valence-corrected chi connectivity index (χ2v) is 8.42. The first-order valence-corrected chi connectivity index (χ1v) is 11.4. The molecule has 3 aromatic carbocycles. The van der Waals surface area contributed by atoms with Gasteiger partial charge in [-0.15, -0.1) is 0 Å². The van der Waals surface area contributed by atoms with E-state index >= 15 is 0 Å². The maximum Gasteiger partial charge on any atom is 0.303 e. The SMILES string of the molecule is CC(=O)O[C@@H](c1ccc(F)cc1)[C@@H](C(=O)Nc1cccc2cccnc12)N1C(=O)c2ccccc2C1=O. The number of anilines is 1. The number of carbonyl (C=O) groups is 4. The summed E-state index contributed by atoms with van der Waals surface area (Å²) in [6, 6.07) is 18.3. The first kappa shape index (κ1) is 23.8. The number of halogens is 1. The summed E-state index contributed by atoms with van der Waals surface area (Å²) in [5, 5.41) is 3.51. The highest BCUT2D eigenvalue weighted by atomic mass is 19.1. The van der Waals surface area contributed by atoms with Gasteiger partial charge in [0.1, 0.15) is 5.82 Å². The Morgan fingerprint density at radius 3 is 2.19 bits per heavy atom. The Morgan fingerprint density at radius 2 is 1.54 bits per heavy atom. The number of carbonyl (C=O) groups excluding carboxylic acids is 4. The van der Waals surface area contributed by atoms with Gasteiger partial charge >= 0.3 is 5.97 Å². The van der Waals surface area contributed by atoms with Crippen LogP contribution in [-0.2, 0) is 14.3 Å². The van der Waals surface area contributed by atoms with Crippen LogP contribution in [0.3, 0.4) is 0 Å². The predicted molar refractivity (Wildman–Crippen MR) is 132 cm³/mol. The maximum absolute atomic E-state index is 13.9. The number of aromatic nitrogens is 1. The summed E-state index contributed by atoms with van der Waals surface area (Å²) in [4.78, 5) is 57.9. The molecule has 0 aliphatic carbocycles. The normalized spacial score (nSPS) is 14.3. The minimum absolute atomic E-state index is 0.123. The molecule has 184 valence electrons. The molecule has 0 fully saturated rings. The fraction of sp³-hybridized carbons (Fsp3) is 0.107. The van der Waals surface area contributed by atoms with Gasteiger partial charge < -0.3 is 10.1 Å². The molecule has 1 N–H and O–H groups in total. The molecule has 2 heterocycles. The number of imide groups is 1. The molecule has 8 nitrogen and oxygen atoms in total. The zero-order valence-corrected chi connectivity index (χ0v) is 19.6. The Hall–Kier alpha value is -4.92. The number of para-hydroxylation sites is 1. The third-order valence-corrected chi connectivity index (χ3v) is 6.04. The number of hydrogen-bond donors (Lipinski definition) is 1. The van der Waals surface area contributed by atoms with Crippen LogP contribution in [0.1, 0.15) is 39.3 Å². The molecule has 1 aliphatic heterocycles. The highest BCUT2D eigenvalue weighted by molar-refractivity contribution is 6.23. The van der Waals surface area contributed by atoms with Crippen molar-refractivity contribution in [1.82, 2.24) is 9.88 Å². The van der Waals surface area contributed by atoms with Gasteiger partial charge in [-0.3, -0.25) is 29.1 Å². The molecular weight excluding hydrogens is 477 g/mol. The van der Waals surface area contributed by atoms with Crippen LogP contribution >= 0.6 is 0 Å². The molecule has 1 aliphatic rings. The lowest BCUT2D eigenvalue weighted by molar-refractivity contribution is -0.151. The minimum Gasteiger partial charge on any atom is -0.455 e. The number of fused-ring (bicyclic) bond motifs is 2. The van der Waals surface area contributed by atoms with Gasteiger partial charge in [0.25, 0.3) is 17.7 Å². The third kappa shape index (κ3) is 4.42. The van der Waals surface area contributed by atoms with E-state index in [4.69, 9.17) is 4.74 Å². The van der Waals surface area contributed by atoms with E-state index in [1.807, 2.05) is 12.1 Å². The maximum atomic E-state index is 13.9. The second-order valence-electron chi connectivity index (χ2n) is 8.42. The van der Waals surface area contributed by atoms with Crippen LogP contribution in [-0.4, -0.2) is 39.6 Å². The number of rotatable bonds is 6. The number of nitrogens with zero attached hydrogens (tertiary/aromatic N) is 2. The van der Waals surface area contributed by atoms with Crippen LogP contribution in [0.5, 0.6) is 0 Å². The van der Waals surface area contributed by atoms with Gasteiger partial charge in [0.2, 0.25) is 0 Å². The van der Waals surface area contributed by atoms with Crippen molar-refractivity contribution in [2.24, 2.45) is 0 Å². The molecule has 3 amide bonds. The molecule has 1 aromatic heterocycles. The highest BCUT2D eigenvalue weighted by Crippen LogP contribution is 2.33. The van der Waals surface area contributed by atoms with Crippen molar-refractivity contribution in [3.63, 3.8) is 0 Å². The van der Waals surface area contributed by atoms with E-state index in [0.717, 1.165) is 29.3 Å². The number of nitrogens with one attached hydrogen (secondary N) is 1. The van der Waals surface area contributed by atoms with Gasteiger partial charge in [-0.2, -0.15) is 0 Å². The second kappa shape index (κ2) is 9.62. The lowest BCUT2D eigenvalue weighted by Crippen LogP contribution is -2.51. The summed E-state index contributed by atoms with van der Waals surface area (Å²) in [6.07, 6.45) is 0.156. The van der Waals surface area contributed by atoms with Crippen molar-refractivity contribution in [2.45, 2.75) is 19.1 Å². The van der Waals surface area contributed by atoms with Gasteiger partial charge in [-0.1, -0.05) is 42.5 Å². The van der Waals surface area contributed by atoms with E-state index in [1.165, 1.54) is 24.3 Å². The molecular formula is C28H20FN3O5. The zero-order chi connectivity index (χ0) is 26.1. The fourth-order valence-electron chi connectivity index (χ4n) is 4.41. The number of benzene rings is 3. The molecule has 2 atom stereocenters. The highest BCUT2D eigenvalue weighted by Gasteiger charge is 2.48. The number of pyridine rings is 1. The van der Waals surface area contributed by atoms with Gasteiger partial charge in [0, 0.05) is 18.5 Å². The van der Waals surface area contributed by atoms with Crippen molar-refractivity contribution in [3.05, 3.63) is 108 Å². The van der Waals surface area contributed by atoms with Gasteiger partial charge in [0.05, 0.1) is 22.3 Å². The van der Waals surface area contributed by atoms with Crippen LogP contribution in [0, 0.1) is 5.82 Å². The zero-order valence-electron chi connectivity index (χ0n) is 19.6. The summed E-state index contributed by atoms with van der Waals surface area (Å²) in [6.45, 7) is 1.14. The van der Waals surface area contributed by atoms with Crippen LogP contribution < -0.4 is 5.32 Å². The molecule has 9 heteroatoms. The molecule has 5 rings (SSSR count). The summed E-state index contributed by atoms with van der Waals surface area (Å²) >= 11 is 0. The first-order valence-electron chi connectivity index (χ1n) is 11.4. The lowest BCUT2D eigenvalue weighted by atomic mass is 9.99. The van der Waals surface area contributed by atoms with Gasteiger partial charge in [-0.05, 0) is 42.0 Å². The number of ether oxygens (including phenoxy) is 1. The minimum atomic E-state index is -1.61. The molecule has 0 radical (unpaired) electrons. The van der Waals surface area contributed by atoms with E-state index in [1.54, 1.807) is 36.5 Å². The first-order chi connectivity index (χ1) is 17.8. The van der Waals surface area contributed by atoms with Crippen molar-refractivity contribution >= 4 is 40.3 Å². The van der Waals surface area contributed by atoms with E-state index in [9.17, 15) is 23.6 Å². The Kier molecular flexibility index (Phi) is 6.19. The van der Waals surface area contributed by atoms with E-state index in [-0.39, 0.29) is 16.7 Å². The molecule has 37 heavy (non-hydrogen) atoms. The quantitative estimate of drug-likeness (QED) is 0.315. The Balaban J connectivity index is 1.63. The Labute approximate surface area is 210 Å². The third-order valence-electron chi connectivity index (χ3n) is 6.04. The summed E-state index contributed by atoms with van der Waals surface area (Å²) in [7, 11) is 0. The van der Waals surface area contributed by atoms with Crippen LogP contribution in [0.2, 0.25) is 0 Å². The lowest BCUT2D eigenvalue weighted by Gasteiger charge is -2.32. The average Bonchev–Trinajstić information content (AvgIpc) is 3.14. The van der Waals surface area contributed by atoms with Crippen LogP contribution in [0.25, 0.3) is 10.9 Å². The topological polar surface area (TPSA) is 106 Å². The molecule has 0 saturated carbocycles. The Morgan fingerprint density at radius 1 is 0.892 bits per heavy atom. The molecule has 0 unspecified atom stereocenters. The van der Waals surface area contributed by atoms with Gasteiger partial charge in [0.15, 0.2) is 12.1 Å². The van der Waals surface area contributed by atoms with Crippen LogP contribution in [0.15, 0.2) is 85.1 Å². The number of amides is 3. The smallest absolute Gasteiger partial charge is 0.303 e. The summed E-state index contributed by atoms with van der Waals surface area (Å²) in [5.74, 6) is -3.51. The summed E-state index contributed by atoms with van der Waals surface area (Å²) < 4.78 is 19.2. The fourth-order valence-corrected chi connectivity index (χ4v) is 4.41. The van der Waals surface area contributed by atoms with Crippen LogP contribution in [0.4, 0.5) is 10.1 Å². The van der Waals surface area contributed by atoms with E-state index in [2.05, 4.69) is 10.3 Å². The number of hydrogen-bond acceptors (Lipinski definition) is 6. The van der Waals surface area contributed by atoms with Crippen molar-refractivity contribution in [2.75, 3.05) is 5.32 Å². The van der Waals surface area contributed by atoms with Crippen molar-refractivity contribution in [1.29, 1.82) is 0 Å². The monoisotopic (exact) mass is 497 g/mol. The molecule has 0 spiro atoms. The van der Waals surface area contributed by atoms with E-state index < -0.39 is 41.7 Å². The number of esters is 1.